The molecule has 0 aromatic heterocycles. The van der Waals surface area contributed by atoms with Gasteiger partial charge in [-0.3, -0.25) is 0 Å². The van der Waals surface area contributed by atoms with E-state index < -0.39 is 36.9 Å². The van der Waals surface area contributed by atoms with Crippen molar-refractivity contribution in [2.75, 3.05) is 13.7 Å². The first-order chi connectivity index (χ1) is 13.2. The normalized spacial score (nSPS) is 33.1. The van der Waals surface area contributed by atoms with E-state index in [1.54, 1.807) is 31.4 Å². The summed E-state index contributed by atoms with van der Waals surface area (Å²) in [4.78, 5) is 0. The summed E-state index contributed by atoms with van der Waals surface area (Å²) < 4.78 is 28.6. The summed E-state index contributed by atoms with van der Waals surface area (Å²) in [6, 6.07) is 15.9. The number of methoxy groups -OCH3 is 1. The van der Waals surface area contributed by atoms with Gasteiger partial charge in [0.2, 0.25) is 6.29 Å². The molecule has 4 rings (SSSR count). The molecule has 6 atom stereocenters. The lowest BCUT2D eigenvalue weighted by atomic mass is 9.96. The first-order valence-electron chi connectivity index (χ1n) is 8.87. The Morgan fingerprint density at radius 1 is 1.00 bits per heavy atom. The van der Waals surface area contributed by atoms with Gasteiger partial charge >= 0.3 is 0 Å². The Kier molecular flexibility index (Phi) is 5.29. The molecular weight excluding hydrogens is 350 g/mol. The number of ether oxygens (including phenoxy) is 5. The van der Waals surface area contributed by atoms with Gasteiger partial charge in [0.05, 0.1) is 19.8 Å². The Balaban J connectivity index is 1.43. The minimum Gasteiger partial charge on any atom is -0.497 e. The summed E-state index contributed by atoms with van der Waals surface area (Å²) in [5, 5.41) is 10.7. The standard InChI is InChI=1S/C20H23NO6/c1-23-13-7-9-14(10-8-13)25-20-16(21)17(22)18-15(26-20)11-24-19(27-18)12-5-3-2-4-6-12/h2-10,15-20,22H,11,21H2,1H3/t15-,16-,17-,18-,19?,20-/m1/s1. The monoisotopic (exact) mass is 373 g/mol. The highest BCUT2D eigenvalue weighted by Crippen LogP contribution is 2.34. The lowest BCUT2D eigenvalue weighted by Gasteiger charge is -2.46. The zero-order chi connectivity index (χ0) is 18.8. The Bertz CT molecular complexity index is 738. The summed E-state index contributed by atoms with van der Waals surface area (Å²) in [7, 11) is 1.60. The van der Waals surface area contributed by atoms with Crippen LogP contribution in [0.5, 0.6) is 11.5 Å². The molecule has 0 spiro atoms. The van der Waals surface area contributed by atoms with E-state index >= 15 is 0 Å². The summed E-state index contributed by atoms with van der Waals surface area (Å²) in [6.45, 7) is 0.274. The Labute approximate surface area is 157 Å². The fourth-order valence-corrected chi connectivity index (χ4v) is 3.29. The summed E-state index contributed by atoms with van der Waals surface area (Å²) in [6.07, 6.45) is -3.37. The van der Waals surface area contributed by atoms with Crippen LogP contribution in [0.2, 0.25) is 0 Å². The summed E-state index contributed by atoms with van der Waals surface area (Å²) in [5.41, 5.74) is 7.05. The molecule has 2 heterocycles. The Morgan fingerprint density at radius 3 is 2.41 bits per heavy atom. The average Bonchev–Trinajstić information content (AvgIpc) is 2.73. The summed E-state index contributed by atoms with van der Waals surface area (Å²) in [5.74, 6) is 1.29. The van der Waals surface area contributed by atoms with E-state index in [0.29, 0.717) is 5.75 Å². The molecule has 2 fully saturated rings. The van der Waals surface area contributed by atoms with Crippen LogP contribution in [0.3, 0.4) is 0 Å². The zero-order valence-corrected chi connectivity index (χ0v) is 14.9. The van der Waals surface area contributed by atoms with Crippen LogP contribution in [-0.2, 0) is 14.2 Å². The van der Waals surface area contributed by atoms with E-state index in [0.717, 1.165) is 11.3 Å². The number of nitrogens with two attached hydrogens (primary N) is 1. The van der Waals surface area contributed by atoms with Crippen molar-refractivity contribution in [3.05, 3.63) is 60.2 Å². The quantitative estimate of drug-likeness (QED) is 0.841. The van der Waals surface area contributed by atoms with Gasteiger partial charge in [0, 0.05) is 5.56 Å². The maximum Gasteiger partial charge on any atom is 0.218 e. The highest BCUT2D eigenvalue weighted by Gasteiger charge is 2.49. The number of aliphatic hydroxyl groups is 1. The highest BCUT2D eigenvalue weighted by atomic mass is 16.7. The molecule has 7 nitrogen and oxygen atoms in total. The zero-order valence-electron chi connectivity index (χ0n) is 14.9. The van der Waals surface area contributed by atoms with Crippen molar-refractivity contribution in [1.82, 2.24) is 0 Å². The molecule has 27 heavy (non-hydrogen) atoms. The van der Waals surface area contributed by atoms with Gasteiger partial charge in [0.15, 0.2) is 6.29 Å². The molecule has 3 N–H and O–H groups in total. The molecule has 0 radical (unpaired) electrons. The van der Waals surface area contributed by atoms with Crippen LogP contribution in [0.25, 0.3) is 0 Å². The minimum atomic E-state index is -0.942. The van der Waals surface area contributed by atoms with Crippen LogP contribution in [0.4, 0.5) is 0 Å². The van der Waals surface area contributed by atoms with Crippen molar-refractivity contribution >= 4 is 0 Å². The number of fused-ring (bicyclic) bond motifs is 1. The third-order valence-electron chi connectivity index (χ3n) is 4.80. The predicted octanol–water partition coefficient (Wildman–Crippen LogP) is 1.60. The van der Waals surface area contributed by atoms with E-state index in [-0.39, 0.29) is 6.61 Å². The van der Waals surface area contributed by atoms with Crippen molar-refractivity contribution < 1.29 is 28.8 Å². The Morgan fingerprint density at radius 2 is 1.70 bits per heavy atom. The van der Waals surface area contributed by atoms with Crippen LogP contribution >= 0.6 is 0 Å². The number of hydrogen-bond acceptors (Lipinski definition) is 7. The average molecular weight is 373 g/mol. The van der Waals surface area contributed by atoms with Crippen LogP contribution in [-0.4, -0.2) is 49.5 Å². The second-order valence-electron chi connectivity index (χ2n) is 6.58. The van der Waals surface area contributed by atoms with Gasteiger partial charge in [-0.25, -0.2) is 0 Å². The lowest BCUT2D eigenvalue weighted by Crippen LogP contribution is -2.65. The van der Waals surface area contributed by atoms with E-state index in [1.165, 1.54) is 0 Å². The molecule has 7 heteroatoms. The van der Waals surface area contributed by atoms with E-state index in [9.17, 15) is 5.11 Å². The van der Waals surface area contributed by atoms with Gasteiger partial charge < -0.3 is 34.5 Å². The number of aliphatic hydroxyl groups excluding tert-OH is 1. The summed E-state index contributed by atoms with van der Waals surface area (Å²) >= 11 is 0. The molecule has 2 aliphatic heterocycles. The van der Waals surface area contributed by atoms with Gasteiger partial charge in [-0.1, -0.05) is 30.3 Å². The van der Waals surface area contributed by atoms with Crippen molar-refractivity contribution in [2.45, 2.75) is 36.9 Å². The first-order valence-corrected chi connectivity index (χ1v) is 8.87. The maximum atomic E-state index is 10.7. The van der Waals surface area contributed by atoms with Gasteiger partial charge in [-0.05, 0) is 24.3 Å². The van der Waals surface area contributed by atoms with Crippen LogP contribution < -0.4 is 15.2 Å². The predicted molar refractivity (Wildman–Crippen MR) is 96.3 cm³/mol. The van der Waals surface area contributed by atoms with E-state index in [1.807, 2.05) is 30.3 Å². The second kappa shape index (κ2) is 7.84. The number of hydrogen-bond donors (Lipinski definition) is 2. The largest absolute Gasteiger partial charge is 0.497 e. The molecule has 0 saturated carbocycles. The number of benzene rings is 2. The Hall–Kier alpha value is -2.16. The first kappa shape index (κ1) is 18.2. The topological polar surface area (TPSA) is 92.4 Å². The fourth-order valence-electron chi connectivity index (χ4n) is 3.29. The van der Waals surface area contributed by atoms with Gasteiger partial charge in [0.1, 0.15) is 29.8 Å². The smallest absolute Gasteiger partial charge is 0.218 e. The van der Waals surface area contributed by atoms with Gasteiger partial charge in [-0.15, -0.1) is 0 Å². The van der Waals surface area contributed by atoms with Gasteiger partial charge in [-0.2, -0.15) is 0 Å². The molecule has 0 bridgehead atoms. The van der Waals surface area contributed by atoms with E-state index in [4.69, 9.17) is 29.4 Å². The minimum absolute atomic E-state index is 0.274. The van der Waals surface area contributed by atoms with Crippen LogP contribution in [0.1, 0.15) is 11.9 Å². The molecule has 2 aromatic rings. The molecule has 2 aromatic carbocycles. The fraction of sp³-hybridized carbons (Fsp3) is 0.400. The van der Waals surface area contributed by atoms with Crippen molar-refractivity contribution in [1.29, 1.82) is 0 Å². The van der Waals surface area contributed by atoms with E-state index in [2.05, 4.69) is 0 Å². The molecule has 1 unspecified atom stereocenters. The molecule has 2 aliphatic rings. The molecule has 0 aliphatic carbocycles. The van der Waals surface area contributed by atoms with Crippen molar-refractivity contribution in [3.8, 4) is 11.5 Å². The van der Waals surface area contributed by atoms with Gasteiger partial charge in [0.25, 0.3) is 0 Å². The van der Waals surface area contributed by atoms with Crippen LogP contribution in [0, 0.1) is 0 Å². The molecule has 2 saturated heterocycles. The van der Waals surface area contributed by atoms with Crippen molar-refractivity contribution in [2.24, 2.45) is 5.73 Å². The molecular formula is C20H23NO6. The van der Waals surface area contributed by atoms with Crippen molar-refractivity contribution in [3.63, 3.8) is 0 Å². The molecule has 144 valence electrons. The van der Waals surface area contributed by atoms with Crippen LogP contribution in [0.15, 0.2) is 54.6 Å². The maximum absolute atomic E-state index is 10.7. The highest BCUT2D eigenvalue weighted by molar-refractivity contribution is 5.31. The third kappa shape index (κ3) is 3.78. The second-order valence-corrected chi connectivity index (χ2v) is 6.58. The lowest BCUT2D eigenvalue weighted by molar-refractivity contribution is -0.331. The SMILES string of the molecule is COc1ccc(O[C@@H]2O[C@@H]3COC(c4ccccc4)O[C@H]3[C@H](O)[C@H]2N)cc1. The molecule has 0 amide bonds. The number of rotatable bonds is 4. The third-order valence-corrected chi connectivity index (χ3v) is 4.80.